The Hall–Kier alpha value is -1.95. The van der Waals surface area contributed by atoms with Gasteiger partial charge in [0.2, 0.25) is 0 Å². The molecule has 1 N–H and O–H groups in total. The summed E-state index contributed by atoms with van der Waals surface area (Å²) in [7, 11) is 0. The minimum Gasteiger partial charge on any atom is -0.383 e. The van der Waals surface area contributed by atoms with E-state index in [9.17, 15) is 0 Å². The molecule has 3 rings (SSSR count). The van der Waals surface area contributed by atoms with Gasteiger partial charge in [0.25, 0.3) is 0 Å². The van der Waals surface area contributed by atoms with Gasteiger partial charge in [-0.15, -0.1) is 0 Å². The molecule has 0 aromatic carbocycles. The molecule has 0 fully saturated rings. The normalized spacial score (nSPS) is 10.8. The lowest BCUT2D eigenvalue weighted by atomic mass is 10.2. The maximum Gasteiger partial charge on any atom is 0.112 e. The summed E-state index contributed by atoms with van der Waals surface area (Å²) >= 11 is 3.41. The smallest absolute Gasteiger partial charge is 0.112 e. The Morgan fingerprint density at radius 3 is 3.05 bits per heavy atom. The van der Waals surface area contributed by atoms with E-state index in [2.05, 4.69) is 40.8 Å². The first-order chi connectivity index (χ1) is 9.83. The summed E-state index contributed by atoms with van der Waals surface area (Å²) in [6.07, 6.45) is 10.2. The first-order valence-electron chi connectivity index (χ1n) is 6.43. The molecule has 0 aliphatic rings. The van der Waals surface area contributed by atoms with Gasteiger partial charge in [-0.05, 0) is 34.5 Å². The number of pyridine rings is 2. The third-order valence-electron chi connectivity index (χ3n) is 3.01. The van der Waals surface area contributed by atoms with Crippen molar-refractivity contribution >= 4 is 32.7 Å². The minimum absolute atomic E-state index is 0.884. The maximum absolute atomic E-state index is 4.42. The lowest BCUT2D eigenvalue weighted by Crippen LogP contribution is -2.06. The van der Waals surface area contributed by atoms with Crippen molar-refractivity contribution in [2.75, 3.05) is 11.9 Å². The van der Waals surface area contributed by atoms with Gasteiger partial charge in [-0.2, -0.15) is 0 Å². The van der Waals surface area contributed by atoms with Gasteiger partial charge in [0.05, 0.1) is 17.5 Å². The molecule has 0 unspecified atom stereocenters. The summed E-state index contributed by atoms with van der Waals surface area (Å²) in [5.74, 6) is 0. The Kier molecular flexibility index (Phi) is 3.92. The van der Waals surface area contributed by atoms with Crippen molar-refractivity contribution in [3.63, 3.8) is 0 Å². The number of aryl methyl sites for hydroxylation is 1. The zero-order valence-electron chi connectivity index (χ0n) is 10.8. The Labute approximate surface area is 125 Å². The molecule has 3 aromatic heterocycles. The van der Waals surface area contributed by atoms with E-state index in [1.807, 2.05) is 24.7 Å². The van der Waals surface area contributed by atoms with Crippen LogP contribution in [0.15, 0.2) is 47.7 Å². The molecule has 0 amide bonds. The third-order valence-corrected chi connectivity index (χ3v) is 3.45. The van der Waals surface area contributed by atoms with Gasteiger partial charge < -0.3 is 9.88 Å². The maximum atomic E-state index is 4.42. The summed E-state index contributed by atoms with van der Waals surface area (Å²) < 4.78 is 3.01. The highest BCUT2D eigenvalue weighted by molar-refractivity contribution is 9.10. The molecule has 0 radical (unpaired) electrons. The van der Waals surface area contributed by atoms with Crippen molar-refractivity contribution < 1.29 is 0 Å². The van der Waals surface area contributed by atoms with Crippen molar-refractivity contribution in [1.29, 1.82) is 0 Å². The van der Waals surface area contributed by atoms with Crippen molar-refractivity contribution in [1.82, 2.24) is 19.5 Å². The SMILES string of the molecule is Brc1cnc2c(NCCCn3ccnc3)ccnc2c1. The second-order valence-electron chi connectivity index (χ2n) is 4.46. The van der Waals surface area contributed by atoms with Crippen molar-refractivity contribution in [2.24, 2.45) is 0 Å². The predicted octanol–water partition coefficient (Wildman–Crippen LogP) is 3.09. The van der Waals surface area contributed by atoms with Gasteiger partial charge in [-0.3, -0.25) is 9.97 Å². The Balaban J connectivity index is 1.65. The van der Waals surface area contributed by atoms with E-state index >= 15 is 0 Å². The van der Waals surface area contributed by atoms with Crippen molar-refractivity contribution in [3.8, 4) is 0 Å². The van der Waals surface area contributed by atoms with E-state index in [-0.39, 0.29) is 0 Å². The number of rotatable bonds is 5. The van der Waals surface area contributed by atoms with E-state index < -0.39 is 0 Å². The number of nitrogens with one attached hydrogen (secondary N) is 1. The van der Waals surface area contributed by atoms with Gasteiger partial charge in [-0.25, -0.2) is 4.98 Å². The molecule has 0 aliphatic carbocycles. The van der Waals surface area contributed by atoms with Gasteiger partial charge in [0, 0.05) is 42.3 Å². The molecule has 0 spiro atoms. The van der Waals surface area contributed by atoms with Crippen LogP contribution in [-0.4, -0.2) is 26.1 Å². The van der Waals surface area contributed by atoms with Gasteiger partial charge >= 0.3 is 0 Å². The first-order valence-corrected chi connectivity index (χ1v) is 7.22. The molecular weight excluding hydrogens is 318 g/mol. The zero-order chi connectivity index (χ0) is 13.8. The van der Waals surface area contributed by atoms with Crippen LogP contribution in [0.5, 0.6) is 0 Å². The average Bonchev–Trinajstić information content (AvgIpc) is 2.96. The summed E-state index contributed by atoms with van der Waals surface area (Å²) in [5, 5.41) is 3.42. The van der Waals surface area contributed by atoms with E-state index in [0.717, 1.165) is 40.7 Å². The van der Waals surface area contributed by atoms with Gasteiger partial charge in [0.15, 0.2) is 0 Å². The van der Waals surface area contributed by atoms with Crippen LogP contribution in [0.4, 0.5) is 5.69 Å². The van der Waals surface area contributed by atoms with Crippen molar-refractivity contribution in [2.45, 2.75) is 13.0 Å². The number of aromatic nitrogens is 4. The summed E-state index contributed by atoms with van der Waals surface area (Å²) in [4.78, 5) is 12.8. The monoisotopic (exact) mass is 331 g/mol. The second kappa shape index (κ2) is 6.00. The summed E-state index contributed by atoms with van der Waals surface area (Å²) in [6.45, 7) is 1.84. The highest BCUT2D eigenvalue weighted by Gasteiger charge is 2.03. The van der Waals surface area contributed by atoms with Crippen LogP contribution < -0.4 is 5.32 Å². The number of anilines is 1. The van der Waals surface area contributed by atoms with Crippen LogP contribution >= 0.6 is 15.9 Å². The van der Waals surface area contributed by atoms with Crippen LogP contribution in [0, 0.1) is 0 Å². The Morgan fingerprint density at radius 1 is 1.25 bits per heavy atom. The van der Waals surface area contributed by atoms with Crippen LogP contribution in [0.3, 0.4) is 0 Å². The van der Waals surface area contributed by atoms with Crippen LogP contribution in [0.25, 0.3) is 11.0 Å². The number of nitrogens with zero attached hydrogens (tertiary/aromatic N) is 4. The van der Waals surface area contributed by atoms with Crippen LogP contribution in [-0.2, 0) is 6.54 Å². The topological polar surface area (TPSA) is 55.6 Å². The Bertz CT molecular complexity index is 696. The molecule has 0 saturated heterocycles. The summed E-state index contributed by atoms with van der Waals surface area (Å²) in [6, 6.07) is 3.93. The second-order valence-corrected chi connectivity index (χ2v) is 5.38. The number of fused-ring (bicyclic) bond motifs is 1. The lowest BCUT2D eigenvalue weighted by Gasteiger charge is -2.09. The third kappa shape index (κ3) is 2.96. The number of hydrogen-bond donors (Lipinski definition) is 1. The highest BCUT2D eigenvalue weighted by atomic mass is 79.9. The molecule has 3 heterocycles. The van der Waals surface area contributed by atoms with E-state index in [0.29, 0.717) is 0 Å². The fourth-order valence-corrected chi connectivity index (χ4v) is 2.37. The van der Waals surface area contributed by atoms with Gasteiger partial charge in [0.1, 0.15) is 5.52 Å². The molecule has 0 atom stereocenters. The number of hydrogen-bond acceptors (Lipinski definition) is 4. The molecule has 6 heteroatoms. The quantitative estimate of drug-likeness (QED) is 0.730. The molecule has 20 heavy (non-hydrogen) atoms. The van der Waals surface area contributed by atoms with Crippen LogP contribution in [0.2, 0.25) is 0 Å². The molecular formula is C14H14BrN5. The van der Waals surface area contributed by atoms with Crippen LogP contribution in [0.1, 0.15) is 6.42 Å². The summed E-state index contributed by atoms with van der Waals surface area (Å²) in [5.41, 5.74) is 2.81. The minimum atomic E-state index is 0.884. The standard InChI is InChI=1S/C14H14BrN5/c15-11-8-13-14(19-9-11)12(2-4-18-13)17-3-1-6-20-7-5-16-10-20/h2,4-5,7-10H,1,3,6H2,(H,17,18). The fourth-order valence-electron chi connectivity index (χ4n) is 2.05. The molecule has 5 nitrogen and oxygen atoms in total. The number of imidazole rings is 1. The first kappa shape index (κ1) is 13.1. The molecule has 102 valence electrons. The largest absolute Gasteiger partial charge is 0.383 e. The van der Waals surface area contributed by atoms with E-state index in [1.165, 1.54) is 0 Å². The van der Waals surface area contributed by atoms with Gasteiger partial charge in [-0.1, -0.05) is 0 Å². The predicted molar refractivity (Wildman–Crippen MR) is 82.6 cm³/mol. The fraction of sp³-hybridized carbons (Fsp3) is 0.214. The molecule has 0 aliphatic heterocycles. The van der Waals surface area contributed by atoms with E-state index in [1.54, 1.807) is 18.6 Å². The highest BCUT2D eigenvalue weighted by Crippen LogP contribution is 2.21. The Morgan fingerprint density at radius 2 is 2.20 bits per heavy atom. The average molecular weight is 332 g/mol. The zero-order valence-corrected chi connectivity index (χ0v) is 12.4. The van der Waals surface area contributed by atoms with Crippen molar-refractivity contribution in [3.05, 3.63) is 47.7 Å². The number of halogens is 1. The molecule has 0 saturated carbocycles. The molecule has 3 aromatic rings. The van der Waals surface area contributed by atoms with E-state index in [4.69, 9.17) is 0 Å². The molecule has 0 bridgehead atoms. The lowest BCUT2D eigenvalue weighted by molar-refractivity contribution is 0.661.